The molecule has 1 aromatic carbocycles. The van der Waals surface area contributed by atoms with Gasteiger partial charge < -0.3 is 10.1 Å². The summed E-state index contributed by atoms with van der Waals surface area (Å²) in [4.78, 5) is 12.6. The molecule has 1 saturated heterocycles. The van der Waals surface area contributed by atoms with Gasteiger partial charge in [-0.05, 0) is 56.7 Å². The molecule has 0 aliphatic carbocycles. The maximum atomic E-state index is 12.9. The van der Waals surface area contributed by atoms with Crippen LogP contribution in [0.4, 0.5) is 0 Å². The van der Waals surface area contributed by atoms with Crippen molar-refractivity contribution in [3.05, 3.63) is 29.8 Å². The molecule has 1 amide bonds. The van der Waals surface area contributed by atoms with Gasteiger partial charge in [0.05, 0.1) is 11.0 Å². The Morgan fingerprint density at radius 1 is 1.14 bits per heavy atom. The molecule has 1 aliphatic rings. The summed E-state index contributed by atoms with van der Waals surface area (Å²) in [7, 11) is -3.50. The molecule has 1 heterocycles. The van der Waals surface area contributed by atoms with Crippen molar-refractivity contribution >= 4 is 15.9 Å². The fourth-order valence-corrected chi connectivity index (χ4v) is 4.75. The molecular formula is C21H34N2O4S. The predicted octanol–water partition coefficient (Wildman–Crippen LogP) is 3.14. The highest BCUT2D eigenvalue weighted by Gasteiger charge is 2.31. The van der Waals surface area contributed by atoms with Gasteiger partial charge in [-0.15, -0.1) is 0 Å². The highest BCUT2D eigenvalue weighted by molar-refractivity contribution is 7.89. The summed E-state index contributed by atoms with van der Waals surface area (Å²) in [5.41, 5.74) is 1.12. The molecule has 2 rings (SSSR count). The van der Waals surface area contributed by atoms with E-state index in [1.807, 2.05) is 26.0 Å². The molecule has 0 aromatic heterocycles. The number of sulfonamides is 1. The molecule has 0 unspecified atom stereocenters. The molecule has 0 saturated carbocycles. The third-order valence-electron chi connectivity index (χ3n) is 5.08. The number of nitrogens with one attached hydrogen (secondary N) is 1. The fraction of sp³-hybridized carbons (Fsp3) is 0.667. The van der Waals surface area contributed by atoms with Crippen molar-refractivity contribution in [2.45, 2.75) is 63.9 Å². The first-order chi connectivity index (χ1) is 13.2. The summed E-state index contributed by atoms with van der Waals surface area (Å²) < 4.78 is 32.7. The Bertz CT molecular complexity index is 721. The largest absolute Gasteiger partial charge is 0.379 e. The number of nitrogens with zero attached hydrogens (tertiary/aromatic N) is 1. The minimum Gasteiger partial charge on any atom is -0.379 e. The molecule has 1 fully saturated rings. The third-order valence-corrected chi connectivity index (χ3v) is 6.99. The molecule has 158 valence electrons. The van der Waals surface area contributed by atoms with Gasteiger partial charge in [0.1, 0.15) is 0 Å². The van der Waals surface area contributed by atoms with E-state index in [0.29, 0.717) is 49.9 Å². The summed E-state index contributed by atoms with van der Waals surface area (Å²) in [6, 6.07) is 7.12. The van der Waals surface area contributed by atoms with Crippen LogP contribution in [0.1, 0.15) is 58.4 Å². The summed E-state index contributed by atoms with van der Waals surface area (Å²) in [5, 5.41) is 2.94. The minimum atomic E-state index is -3.50. The highest BCUT2D eigenvalue weighted by Crippen LogP contribution is 2.25. The standard InChI is InChI=1S/C21H34N2O4S/c1-16(2)18-6-8-20(9-7-18)28(25,26)23-13-10-19(11-14-23)21(24)22-12-5-15-27-17(3)4/h6-9,16-17,19H,5,10-15H2,1-4H3,(H,22,24). The van der Waals surface area contributed by atoms with E-state index in [9.17, 15) is 13.2 Å². The summed E-state index contributed by atoms with van der Waals surface area (Å²) >= 11 is 0. The van der Waals surface area contributed by atoms with Crippen LogP contribution in [0.3, 0.4) is 0 Å². The van der Waals surface area contributed by atoms with Crippen LogP contribution in [0.25, 0.3) is 0 Å². The number of hydrogen-bond donors (Lipinski definition) is 1. The topological polar surface area (TPSA) is 75.7 Å². The van der Waals surface area contributed by atoms with Crippen molar-refractivity contribution < 1.29 is 17.9 Å². The van der Waals surface area contributed by atoms with Crippen molar-refractivity contribution in [3.63, 3.8) is 0 Å². The van der Waals surface area contributed by atoms with Crippen LogP contribution < -0.4 is 5.32 Å². The van der Waals surface area contributed by atoms with Crippen LogP contribution in [0, 0.1) is 5.92 Å². The third kappa shape index (κ3) is 6.29. The van der Waals surface area contributed by atoms with Crippen molar-refractivity contribution in [1.29, 1.82) is 0 Å². The first-order valence-corrected chi connectivity index (χ1v) is 11.6. The predicted molar refractivity (Wildman–Crippen MR) is 111 cm³/mol. The van der Waals surface area contributed by atoms with E-state index >= 15 is 0 Å². The Morgan fingerprint density at radius 3 is 2.29 bits per heavy atom. The second kappa shape index (κ2) is 10.4. The zero-order valence-electron chi connectivity index (χ0n) is 17.5. The number of amides is 1. The number of ether oxygens (including phenoxy) is 1. The maximum absolute atomic E-state index is 12.9. The highest BCUT2D eigenvalue weighted by atomic mass is 32.2. The number of hydrogen-bond acceptors (Lipinski definition) is 4. The lowest BCUT2D eigenvalue weighted by Crippen LogP contribution is -2.43. The van der Waals surface area contributed by atoms with E-state index in [0.717, 1.165) is 12.0 Å². The first-order valence-electron chi connectivity index (χ1n) is 10.2. The number of carbonyl (C=O) groups is 1. The molecular weight excluding hydrogens is 376 g/mol. The second-order valence-electron chi connectivity index (χ2n) is 7.97. The number of piperidine rings is 1. The zero-order chi connectivity index (χ0) is 20.7. The molecule has 28 heavy (non-hydrogen) atoms. The lowest BCUT2D eigenvalue weighted by atomic mass is 9.97. The van der Waals surface area contributed by atoms with Crippen LogP contribution in [0.5, 0.6) is 0 Å². The lowest BCUT2D eigenvalue weighted by molar-refractivity contribution is -0.126. The van der Waals surface area contributed by atoms with Gasteiger partial charge in [-0.1, -0.05) is 26.0 Å². The van der Waals surface area contributed by atoms with Gasteiger partial charge in [0.2, 0.25) is 15.9 Å². The van der Waals surface area contributed by atoms with Crippen LogP contribution in [-0.2, 0) is 19.6 Å². The Labute approximate surface area is 169 Å². The maximum Gasteiger partial charge on any atom is 0.243 e. The second-order valence-corrected chi connectivity index (χ2v) is 9.90. The zero-order valence-corrected chi connectivity index (χ0v) is 18.3. The number of benzene rings is 1. The van der Waals surface area contributed by atoms with E-state index in [1.54, 1.807) is 12.1 Å². The SMILES string of the molecule is CC(C)OCCCNC(=O)C1CCN(S(=O)(=O)c2ccc(C(C)C)cc2)CC1. The molecule has 6 nitrogen and oxygen atoms in total. The Kier molecular flexibility index (Phi) is 8.46. The molecule has 0 atom stereocenters. The Hall–Kier alpha value is -1.44. The van der Waals surface area contributed by atoms with E-state index in [1.165, 1.54) is 4.31 Å². The number of carbonyl (C=O) groups excluding carboxylic acids is 1. The van der Waals surface area contributed by atoms with Gasteiger partial charge >= 0.3 is 0 Å². The minimum absolute atomic E-state index is 0.0166. The van der Waals surface area contributed by atoms with Crippen molar-refractivity contribution in [2.24, 2.45) is 5.92 Å². The van der Waals surface area contributed by atoms with Gasteiger partial charge in [0.15, 0.2) is 0 Å². The summed E-state index contributed by atoms with van der Waals surface area (Å²) in [6.45, 7) is 10.1. The summed E-state index contributed by atoms with van der Waals surface area (Å²) in [5.74, 6) is 0.256. The van der Waals surface area contributed by atoms with Crippen molar-refractivity contribution in [3.8, 4) is 0 Å². The average molecular weight is 411 g/mol. The van der Waals surface area contributed by atoms with Gasteiger partial charge in [0.25, 0.3) is 0 Å². The van der Waals surface area contributed by atoms with Crippen LogP contribution in [0.15, 0.2) is 29.2 Å². The molecule has 1 aliphatic heterocycles. The van der Waals surface area contributed by atoms with Gasteiger partial charge in [0, 0.05) is 32.2 Å². The molecule has 0 radical (unpaired) electrons. The smallest absolute Gasteiger partial charge is 0.243 e. The average Bonchev–Trinajstić information content (AvgIpc) is 2.67. The normalized spacial score (nSPS) is 16.6. The van der Waals surface area contributed by atoms with Crippen LogP contribution >= 0.6 is 0 Å². The molecule has 1 N–H and O–H groups in total. The quantitative estimate of drug-likeness (QED) is 0.635. The van der Waals surface area contributed by atoms with Crippen LogP contribution in [-0.4, -0.2) is 51.0 Å². The summed E-state index contributed by atoms with van der Waals surface area (Å²) in [6.07, 6.45) is 2.09. The van der Waals surface area contributed by atoms with Gasteiger partial charge in [-0.25, -0.2) is 8.42 Å². The van der Waals surface area contributed by atoms with Crippen molar-refractivity contribution in [2.75, 3.05) is 26.2 Å². The van der Waals surface area contributed by atoms with E-state index in [4.69, 9.17) is 4.74 Å². The van der Waals surface area contributed by atoms with E-state index in [-0.39, 0.29) is 17.9 Å². The molecule has 0 spiro atoms. The Morgan fingerprint density at radius 2 is 1.75 bits per heavy atom. The van der Waals surface area contributed by atoms with E-state index in [2.05, 4.69) is 19.2 Å². The van der Waals surface area contributed by atoms with Gasteiger partial charge in [-0.2, -0.15) is 4.31 Å². The number of rotatable bonds is 9. The lowest BCUT2D eigenvalue weighted by Gasteiger charge is -2.30. The molecule has 7 heteroatoms. The molecule has 1 aromatic rings. The first kappa shape index (κ1) is 22.8. The van der Waals surface area contributed by atoms with E-state index < -0.39 is 10.0 Å². The van der Waals surface area contributed by atoms with Gasteiger partial charge in [-0.3, -0.25) is 4.79 Å². The fourth-order valence-electron chi connectivity index (χ4n) is 3.28. The monoisotopic (exact) mass is 410 g/mol. The Balaban J connectivity index is 1.82. The van der Waals surface area contributed by atoms with Crippen LogP contribution in [0.2, 0.25) is 0 Å². The van der Waals surface area contributed by atoms with Crippen molar-refractivity contribution in [1.82, 2.24) is 9.62 Å². The molecule has 0 bridgehead atoms.